The van der Waals surface area contributed by atoms with E-state index in [2.05, 4.69) is 48.7 Å². The van der Waals surface area contributed by atoms with Crippen LogP contribution in [0.4, 0.5) is 0 Å². The van der Waals surface area contributed by atoms with Crippen molar-refractivity contribution in [2.75, 3.05) is 6.26 Å². The average molecular weight is 262 g/mol. The fourth-order valence-corrected chi connectivity index (χ4v) is 4.91. The Morgan fingerprint density at radius 1 is 0.812 bits per heavy atom. The van der Waals surface area contributed by atoms with Gasteiger partial charge in [-0.3, -0.25) is 0 Å². The van der Waals surface area contributed by atoms with Gasteiger partial charge in [0.2, 0.25) is 0 Å². The molecular weight excluding hydrogens is 252 g/mol. The normalized spacial score (nSPS) is 13.1. The Morgan fingerprint density at radius 2 is 1.50 bits per heavy atom. The maximum Gasteiger partial charge on any atom is 0.0398 e. The van der Waals surface area contributed by atoms with E-state index in [1.54, 1.807) is 0 Å². The van der Waals surface area contributed by atoms with Crippen molar-refractivity contribution in [1.82, 2.24) is 0 Å². The molecule has 1 heterocycles. The molecule has 0 unspecified atom stereocenters. The summed E-state index contributed by atoms with van der Waals surface area (Å²) in [4.78, 5) is 6.93. The van der Waals surface area contributed by atoms with Gasteiger partial charge in [0.15, 0.2) is 0 Å². The topological polar surface area (TPSA) is 0 Å². The minimum absolute atomic E-state index is 1.37. The van der Waals surface area contributed by atoms with Crippen LogP contribution >= 0.6 is 35.3 Å². The van der Waals surface area contributed by atoms with Gasteiger partial charge in [0.05, 0.1) is 0 Å². The third kappa shape index (κ3) is 1.77. The Bertz CT molecular complexity index is 534. The van der Waals surface area contributed by atoms with Crippen LogP contribution in [0.15, 0.2) is 66.9 Å². The molecule has 1 aliphatic heterocycles. The molecule has 0 radical (unpaired) electrons. The van der Waals surface area contributed by atoms with Gasteiger partial charge in [0.1, 0.15) is 0 Å². The van der Waals surface area contributed by atoms with Gasteiger partial charge >= 0.3 is 0 Å². The Balaban J connectivity index is 2.12. The van der Waals surface area contributed by atoms with E-state index in [0.29, 0.717) is 0 Å². The number of hydrogen-bond donors (Lipinski definition) is 0. The molecule has 3 heteroatoms. The van der Waals surface area contributed by atoms with Crippen molar-refractivity contribution >= 4 is 35.3 Å². The number of benzene rings is 2. The average Bonchev–Trinajstić information content (AvgIpc) is 2.35. The van der Waals surface area contributed by atoms with Crippen molar-refractivity contribution in [3.05, 3.63) is 42.5 Å². The predicted octanol–water partition coefficient (Wildman–Crippen LogP) is 5.02. The van der Waals surface area contributed by atoms with Crippen molar-refractivity contribution in [3.8, 4) is 0 Å². The van der Waals surface area contributed by atoms with E-state index in [1.165, 1.54) is 24.5 Å². The molecule has 0 nitrogen and oxygen atoms in total. The standard InChI is InChI=1S/C13H10S3/c1-14-11-7-4-8-12-13(11)16-10-6-3-2-5-9(10)15-12/h2-8H,1H3. The molecule has 0 fully saturated rings. The third-order valence-electron chi connectivity index (χ3n) is 2.44. The minimum Gasteiger partial charge on any atom is -0.128 e. The van der Waals surface area contributed by atoms with Crippen LogP contribution in [0, 0.1) is 0 Å². The van der Waals surface area contributed by atoms with Crippen molar-refractivity contribution < 1.29 is 0 Å². The summed E-state index contributed by atoms with van der Waals surface area (Å²) in [5, 5.41) is 0. The van der Waals surface area contributed by atoms with Crippen molar-refractivity contribution in [3.63, 3.8) is 0 Å². The van der Waals surface area contributed by atoms with E-state index in [4.69, 9.17) is 0 Å². The lowest BCUT2D eigenvalue weighted by atomic mass is 10.3. The highest BCUT2D eigenvalue weighted by molar-refractivity contribution is 8.06. The zero-order valence-electron chi connectivity index (χ0n) is 8.77. The fraction of sp³-hybridized carbons (Fsp3) is 0.0769. The van der Waals surface area contributed by atoms with Crippen LogP contribution in [0.2, 0.25) is 0 Å². The molecule has 0 aliphatic carbocycles. The SMILES string of the molecule is CSc1cccc2c1Sc1ccccc1S2. The first-order chi connectivity index (χ1) is 7.88. The van der Waals surface area contributed by atoms with Crippen LogP contribution in [0.25, 0.3) is 0 Å². The van der Waals surface area contributed by atoms with Crippen LogP contribution in [0.5, 0.6) is 0 Å². The van der Waals surface area contributed by atoms with Gasteiger partial charge in [-0.2, -0.15) is 0 Å². The lowest BCUT2D eigenvalue weighted by molar-refractivity contribution is 1.08. The number of rotatable bonds is 1. The van der Waals surface area contributed by atoms with Gasteiger partial charge in [-0.15, -0.1) is 11.8 Å². The molecule has 0 N–H and O–H groups in total. The number of fused-ring (bicyclic) bond motifs is 2. The molecule has 80 valence electrons. The minimum atomic E-state index is 1.37. The summed E-state index contributed by atoms with van der Waals surface area (Å²) in [6.07, 6.45) is 2.14. The van der Waals surface area contributed by atoms with E-state index in [-0.39, 0.29) is 0 Å². The smallest absolute Gasteiger partial charge is 0.0398 e. The molecule has 0 atom stereocenters. The van der Waals surface area contributed by atoms with Crippen LogP contribution in [-0.4, -0.2) is 6.26 Å². The van der Waals surface area contributed by atoms with Gasteiger partial charge in [0.25, 0.3) is 0 Å². The van der Waals surface area contributed by atoms with E-state index in [9.17, 15) is 0 Å². The largest absolute Gasteiger partial charge is 0.128 e. The molecule has 0 amide bonds. The first-order valence-electron chi connectivity index (χ1n) is 5.00. The Hall–Kier alpha value is -0.510. The molecule has 2 aromatic rings. The van der Waals surface area contributed by atoms with Crippen LogP contribution in [0.3, 0.4) is 0 Å². The van der Waals surface area contributed by atoms with Gasteiger partial charge in [-0.25, -0.2) is 0 Å². The lowest BCUT2D eigenvalue weighted by Crippen LogP contribution is -1.90. The summed E-state index contributed by atoms with van der Waals surface area (Å²) in [7, 11) is 0. The first kappa shape index (κ1) is 10.6. The maximum atomic E-state index is 2.21. The van der Waals surface area contributed by atoms with Crippen LogP contribution in [-0.2, 0) is 0 Å². The van der Waals surface area contributed by atoms with E-state index >= 15 is 0 Å². The first-order valence-corrected chi connectivity index (χ1v) is 7.86. The highest BCUT2D eigenvalue weighted by Gasteiger charge is 2.18. The van der Waals surface area contributed by atoms with Gasteiger partial charge in [-0.05, 0) is 30.5 Å². The number of hydrogen-bond acceptors (Lipinski definition) is 3. The second kappa shape index (κ2) is 4.40. The molecule has 0 saturated heterocycles. The molecule has 1 aliphatic rings. The fourth-order valence-electron chi connectivity index (χ4n) is 1.68. The van der Waals surface area contributed by atoms with Crippen LogP contribution < -0.4 is 0 Å². The molecule has 0 spiro atoms. The highest BCUT2D eigenvalue weighted by Crippen LogP contribution is 2.50. The molecule has 16 heavy (non-hydrogen) atoms. The molecule has 0 bridgehead atoms. The van der Waals surface area contributed by atoms with Crippen molar-refractivity contribution in [1.29, 1.82) is 0 Å². The summed E-state index contributed by atoms with van der Waals surface area (Å²) < 4.78 is 0. The monoisotopic (exact) mass is 262 g/mol. The Labute approximate surface area is 108 Å². The van der Waals surface area contributed by atoms with Gasteiger partial charge < -0.3 is 0 Å². The van der Waals surface area contributed by atoms with Crippen molar-refractivity contribution in [2.45, 2.75) is 24.5 Å². The summed E-state index contributed by atoms with van der Waals surface area (Å²) in [6.45, 7) is 0. The predicted molar refractivity (Wildman–Crippen MR) is 72.9 cm³/mol. The molecule has 3 rings (SSSR count). The van der Waals surface area contributed by atoms with Crippen LogP contribution in [0.1, 0.15) is 0 Å². The zero-order chi connectivity index (χ0) is 11.0. The summed E-state index contributed by atoms with van der Waals surface area (Å²) in [5.41, 5.74) is 0. The van der Waals surface area contributed by atoms with Gasteiger partial charge in [0, 0.05) is 24.5 Å². The van der Waals surface area contributed by atoms with Crippen molar-refractivity contribution in [2.24, 2.45) is 0 Å². The Kier molecular flexibility index (Phi) is 2.92. The van der Waals surface area contributed by atoms with E-state index in [0.717, 1.165) is 0 Å². The molecule has 2 aromatic carbocycles. The van der Waals surface area contributed by atoms with E-state index < -0.39 is 0 Å². The quantitative estimate of drug-likeness (QED) is 0.565. The summed E-state index contributed by atoms with van der Waals surface area (Å²) in [6, 6.07) is 15.2. The second-order valence-electron chi connectivity index (χ2n) is 3.44. The zero-order valence-corrected chi connectivity index (χ0v) is 11.2. The lowest BCUT2D eigenvalue weighted by Gasteiger charge is -2.19. The molecule has 0 saturated carbocycles. The highest BCUT2D eigenvalue weighted by atomic mass is 32.2. The van der Waals surface area contributed by atoms with E-state index in [1.807, 2.05) is 35.3 Å². The summed E-state index contributed by atoms with van der Waals surface area (Å²) in [5.74, 6) is 0. The maximum absolute atomic E-state index is 2.21. The van der Waals surface area contributed by atoms with Gasteiger partial charge in [-0.1, -0.05) is 41.7 Å². The second-order valence-corrected chi connectivity index (χ2v) is 6.42. The summed E-state index contributed by atoms with van der Waals surface area (Å²) >= 11 is 5.59. The molecular formula is C13H10S3. The third-order valence-corrected chi connectivity index (χ3v) is 5.97. The number of thioether (sulfide) groups is 1. The molecule has 0 aromatic heterocycles. The Morgan fingerprint density at radius 3 is 2.25 bits per heavy atom.